The molecule has 0 aliphatic carbocycles. The van der Waals surface area contributed by atoms with Gasteiger partial charge in [-0.25, -0.2) is 4.31 Å². The standard InChI is InChI=1S/C24H36N4O3S/c1-7-8-10-25-32-28-11-9-18-19(15-27(4)24(29)20(18)16-28)17-12-22(30-5)21(14-26(2)3)23(13-17)31-6/h12-13,15,25H,7-11,14,16H2,1-6H3. The van der Waals surface area contributed by atoms with Gasteiger partial charge < -0.3 is 18.9 Å². The summed E-state index contributed by atoms with van der Waals surface area (Å²) in [4.78, 5) is 15.1. The van der Waals surface area contributed by atoms with Crippen LogP contribution in [-0.2, 0) is 26.6 Å². The zero-order valence-electron chi connectivity index (χ0n) is 20.2. The summed E-state index contributed by atoms with van der Waals surface area (Å²) < 4.78 is 18.8. The highest BCUT2D eigenvalue weighted by Gasteiger charge is 2.25. The van der Waals surface area contributed by atoms with E-state index in [2.05, 4.69) is 33.0 Å². The minimum absolute atomic E-state index is 0.0748. The van der Waals surface area contributed by atoms with E-state index in [1.54, 1.807) is 30.9 Å². The van der Waals surface area contributed by atoms with Crippen molar-refractivity contribution < 1.29 is 9.47 Å². The van der Waals surface area contributed by atoms with Crippen molar-refractivity contribution in [3.05, 3.63) is 45.4 Å². The smallest absolute Gasteiger partial charge is 0.255 e. The summed E-state index contributed by atoms with van der Waals surface area (Å²) in [6, 6.07) is 4.13. The predicted octanol–water partition coefficient (Wildman–Crippen LogP) is 3.44. The van der Waals surface area contributed by atoms with Gasteiger partial charge in [-0.3, -0.25) is 9.52 Å². The molecule has 3 rings (SSSR count). The van der Waals surface area contributed by atoms with Crippen LogP contribution in [0.4, 0.5) is 0 Å². The first-order valence-electron chi connectivity index (χ1n) is 11.2. The number of methoxy groups -OCH3 is 2. The zero-order valence-corrected chi connectivity index (χ0v) is 21.0. The Morgan fingerprint density at radius 1 is 1.16 bits per heavy atom. The van der Waals surface area contributed by atoms with Crippen molar-refractivity contribution in [2.75, 3.05) is 41.4 Å². The van der Waals surface area contributed by atoms with Crippen LogP contribution in [0.15, 0.2) is 23.1 Å². The van der Waals surface area contributed by atoms with E-state index in [1.165, 1.54) is 6.42 Å². The maximum Gasteiger partial charge on any atom is 0.255 e. The SMILES string of the molecule is CCCCNSN1CCc2c(-c3cc(OC)c(CN(C)C)c(OC)c3)cn(C)c(=O)c2C1. The fourth-order valence-corrected chi connectivity index (χ4v) is 4.89. The molecule has 7 nitrogen and oxygen atoms in total. The number of aromatic nitrogens is 1. The third-order valence-corrected chi connectivity index (χ3v) is 6.66. The van der Waals surface area contributed by atoms with E-state index >= 15 is 0 Å². The van der Waals surface area contributed by atoms with E-state index in [4.69, 9.17) is 9.47 Å². The summed E-state index contributed by atoms with van der Waals surface area (Å²) in [6.07, 6.45) is 5.09. The number of ether oxygens (including phenoxy) is 2. The summed E-state index contributed by atoms with van der Waals surface area (Å²) in [6.45, 7) is 5.40. The Bertz CT molecular complexity index is 965. The van der Waals surface area contributed by atoms with Crippen molar-refractivity contribution >= 4 is 12.1 Å². The first kappa shape index (κ1) is 24.6. The molecule has 0 amide bonds. The first-order chi connectivity index (χ1) is 15.4. The van der Waals surface area contributed by atoms with Crippen molar-refractivity contribution in [2.24, 2.45) is 7.05 Å². The molecule has 1 aromatic carbocycles. The molecule has 176 valence electrons. The van der Waals surface area contributed by atoms with Crippen LogP contribution in [-0.4, -0.2) is 55.2 Å². The molecule has 1 aromatic heterocycles. The third-order valence-electron chi connectivity index (χ3n) is 5.76. The van der Waals surface area contributed by atoms with Crippen LogP contribution in [0, 0.1) is 0 Å². The predicted molar refractivity (Wildman–Crippen MR) is 132 cm³/mol. The molecule has 1 N–H and O–H groups in total. The second kappa shape index (κ2) is 11.2. The lowest BCUT2D eigenvalue weighted by molar-refractivity contribution is 0.349. The fraction of sp³-hybridized carbons (Fsp3) is 0.542. The number of nitrogens with zero attached hydrogens (tertiary/aromatic N) is 3. The summed E-state index contributed by atoms with van der Waals surface area (Å²) in [5, 5.41) is 0. The molecule has 1 aliphatic rings. The second-order valence-electron chi connectivity index (χ2n) is 8.47. The number of rotatable bonds is 10. The number of pyridine rings is 1. The Hall–Kier alpha value is -2.00. The van der Waals surface area contributed by atoms with Crippen molar-refractivity contribution in [3.8, 4) is 22.6 Å². The largest absolute Gasteiger partial charge is 0.496 e. The Kier molecular flexibility index (Phi) is 8.64. The van der Waals surface area contributed by atoms with Crippen LogP contribution >= 0.6 is 12.1 Å². The van der Waals surface area contributed by atoms with Crippen LogP contribution in [0.2, 0.25) is 0 Å². The first-order valence-corrected chi connectivity index (χ1v) is 11.9. The Morgan fingerprint density at radius 3 is 2.44 bits per heavy atom. The number of hydrogen-bond acceptors (Lipinski definition) is 7. The Morgan fingerprint density at radius 2 is 1.84 bits per heavy atom. The fourth-order valence-electron chi connectivity index (χ4n) is 4.10. The van der Waals surface area contributed by atoms with Crippen molar-refractivity contribution in [1.82, 2.24) is 18.5 Å². The minimum Gasteiger partial charge on any atom is -0.496 e. The van der Waals surface area contributed by atoms with Crippen molar-refractivity contribution in [2.45, 2.75) is 39.3 Å². The Labute approximate surface area is 196 Å². The summed E-state index contributed by atoms with van der Waals surface area (Å²) in [5.41, 5.74) is 5.17. The van der Waals surface area contributed by atoms with Gasteiger partial charge in [0.2, 0.25) is 0 Å². The van der Waals surface area contributed by atoms with Gasteiger partial charge in [-0.2, -0.15) is 0 Å². The van der Waals surface area contributed by atoms with Gasteiger partial charge in [0.25, 0.3) is 5.56 Å². The number of hydrogen-bond donors (Lipinski definition) is 1. The monoisotopic (exact) mass is 460 g/mol. The summed E-state index contributed by atoms with van der Waals surface area (Å²) in [5.74, 6) is 1.59. The summed E-state index contributed by atoms with van der Waals surface area (Å²) >= 11 is 1.63. The average molecular weight is 461 g/mol. The number of unbranched alkanes of at least 4 members (excludes halogenated alkanes) is 1. The molecule has 0 bridgehead atoms. The van der Waals surface area contributed by atoms with Gasteiger partial charge in [0.05, 0.1) is 19.8 Å². The van der Waals surface area contributed by atoms with E-state index in [1.807, 2.05) is 27.3 Å². The molecule has 8 heteroatoms. The lowest BCUT2D eigenvalue weighted by Gasteiger charge is -2.29. The molecule has 0 unspecified atom stereocenters. The molecule has 0 atom stereocenters. The zero-order chi connectivity index (χ0) is 23.3. The number of fused-ring (bicyclic) bond motifs is 1. The third kappa shape index (κ3) is 5.49. The van der Waals surface area contributed by atoms with E-state index in [0.29, 0.717) is 6.54 Å². The molecule has 2 heterocycles. The van der Waals surface area contributed by atoms with Crippen molar-refractivity contribution in [3.63, 3.8) is 0 Å². The molecular weight excluding hydrogens is 424 g/mol. The quantitative estimate of drug-likeness (QED) is 0.430. The van der Waals surface area contributed by atoms with Gasteiger partial charge in [0.1, 0.15) is 11.5 Å². The van der Waals surface area contributed by atoms with E-state index in [-0.39, 0.29) is 5.56 Å². The maximum absolute atomic E-state index is 13.0. The highest BCUT2D eigenvalue weighted by Crippen LogP contribution is 2.38. The van der Waals surface area contributed by atoms with E-state index < -0.39 is 0 Å². The van der Waals surface area contributed by atoms with Gasteiger partial charge in [-0.15, -0.1) is 0 Å². The molecule has 1 aliphatic heterocycles. The van der Waals surface area contributed by atoms with Crippen LogP contribution in [0.25, 0.3) is 11.1 Å². The Balaban J connectivity index is 2.00. The van der Waals surface area contributed by atoms with E-state index in [9.17, 15) is 4.79 Å². The van der Waals surface area contributed by atoms with Crippen LogP contribution in [0.3, 0.4) is 0 Å². The molecule has 0 radical (unpaired) electrons. The highest BCUT2D eigenvalue weighted by atomic mass is 32.2. The molecule has 0 spiro atoms. The summed E-state index contributed by atoms with van der Waals surface area (Å²) in [7, 11) is 9.25. The van der Waals surface area contributed by atoms with Crippen LogP contribution in [0.1, 0.15) is 36.5 Å². The van der Waals surface area contributed by atoms with Crippen LogP contribution in [0.5, 0.6) is 11.5 Å². The van der Waals surface area contributed by atoms with E-state index in [0.717, 1.165) is 71.8 Å². The van der Waals surface area contributed by atoms with Gasteiger partial charge in [-0.1, -0.05) is 13.3 Å². The average Bonchev–Trinajstić information content (AvgIpc) is 2.79. The van der Waals surface area contributed by atoms with Gasteiger partial charge in [-0.05, 0) is 50.2 Å². The topological polar surface area (TPSA) is 59.0 Å². The highest BCUT2D eigenvalue weighted by molar-refractivity contribution is 7.95. The minimum atomic E-state index is 0.0748. The van der Waals surface area contributed by atoms with Gasteiger partial charge in [0, 0.05) is 62.7 Å². The van der Waals surface area contributed by atoms with Gasteiger partial charge >= 0.3 is 0 Å². The molecular formula is C24H36N4O3S. The maximum atomic E-state index is 13.0. The number of benzene rings is 1. The molecule has 2 aromatic rings. The van der Waals surface area contributed by atoms with Crippen molar-refractivity contribution in [1.29, 1.82) is 0 Å². The molecule has 0 fully saturated rings. The van der Waals surface area contributed by atoms with Gasteiger partial charge in [0.15, 0.2) is 0 Å². The van der Waals surface area contributed by atoms with Crippen LogP contribution < -0.4 is 19.8 Å². The normalized spacial score (nSPS) is 14.0. The number of nitrogens with one attached hydrogen (secondary N) is 1. The molecule has 0 saturated heterocycles. The lowest BCUT2D eigenvalue weighted by Crippen LogP contribution is -2.35. The number of aryl methyl sites for hydroxylation is 1. The second-order valence-corrected chi connectivity index (χ2v) is 9.45. The molecule has 32 heavy (non-hydrogen) atoms. The molecule has 0 saturated carbocycles. The lowest BCUT2D eigenvalue weighted by atomic mass is 9.92.